The SMILES string of the molecule is COc1ccc([N+]2=Cc3cccc(C)c3OC2)c(OC)c1.COc1cccc([N+]2=Cc3cccc(C)c3OC2)c1.Cc1cccc2c1OC[N+](c1cc(Cl)cc(Cl)c1)=C2.Cc1cccc2c1OC[N+](c1ccc(Cl)cc1)=C2.Cc1cccc2c1OC[N+](c1ccccn1)=C2. The lowest BCUT2D eigenvalue weighted by Gasteiger charge is -2.16. The van der Waals surface area contributed by atoms with Gasteiger partial charge < -0.3 is 37.9 Å². The highest BCUT2D eigenvalue weighted by Crippen LogP contribution is 2.36. The van der Waals surface area contributed by atoms with Crippen molar-refractivity contribution in [1.29, 1.82) is 0 Å². The maximum absolute atomic E-state index is 6.03. The minimum Gasteiger partial charge on any atom is -0.497 e. The molecule has 0 bridgehead atoms. The van der Waals surface area contributed by atoms with Gasteiger partial charge in [0.05, 0.1) is 55.2 Å². The molecule has 15 rings (SSSR count). The number of rotatable bonds is 8. The van der Waals surface area contributed by atoms with Gasteiger partial charge in [-0.15, -0.1) is 0 Å². The Morgan fingerprint density at radius 3 is 1.18 bits per heavy atom. The lowest BCUT2D eigenvalue weighted by Crippen LogP contribution is -2.21. The summed E-state index contributed by atoms with van der Waals surface area (Å²) in [5.41, 5.74) is 15.2. The molecule has 6 heterocycles. The maximum Gasteiger partial charge on any atom is 0.325 e. The standard InChI is InChI=1S/C17H18NO3.C16H16NO2.C15H12Cl2NO.C15H13ClNO.C14H13N2O/c1-12-5-4-6-13-10-18(11-21-17(12)13)15-8-7-14(19-2)9-16(15)20-3;1-12-5-3-6-13-10-17(11-19-16(12)13)14-7-4-8-15(9-14)18-2;1-10-3-2-4-11-8-18(9-19-15(10)11)14-6-12(16)5-13(17)7-14;1-11-3-2-4-12-9-17(10-18-15(11)12)14-7-5-13(16)6-8-14;1-11-5-4-6-12-9-16(10-17-14(11)12)13-7-2-3-8-15-13/h4-10H,11H2,1-3H3;3-10H,11H2,1-2H3;2-8H,9H2,1H3;2-9H,10H2,1H3;2-9H,10H2,1H3/q5*+1. The minimum atomic E-state index is 0.453. The number of pyridine rings is 1. The van der Waals surface area contributed by atoms with Crippen LogP contribution in [-0.2, 0) is 0 Å². The van der Waals surface area contributed by atoms with E-state index in [1.165, 1.54) is 16.7 Å². The lowest BCUT2D eigenvalue weighted by molar-refractivity contribution is -0.479. The highest BCUT2D eigenvalue weighted by Gasteiger charge is 2.26. The number of aromatic nitrogens is 1. The Kier molecular flexibility index (Phi) is 21.1. The van der Waals surface area contributed by atoms with Crippen LogP contribution < -0.4 is 37.9 Å². The van der Waals surface area contributed by atoms with Gasteiger partial charge in [-0.05, 0) is 134 Å². The van der Waals surface area contributed by atoms with Crippen LogP contribution in [0.4, 0.5) is 28.6 Å². The summed E-state index contributed by atoms with van der Waals surface area (Å²) in [6, 6.07) is 63.5. The molecule has 17 heteroatoms. The largest absolute Gasteiger partial charge is 0.497 e. The van der Waals surface area contributed by atoms with Crippen LogP contribution in [0.5, 0.6) is 46.0 Å². The Morgan fingerprint density at radius 2 is 0.734 bits per heavy atom. The number of methoxy groups -OCH3 is 3. The van der Waals surface area contributed by atoms with Crippen molar-refractivity contribution in [3.63, 3.8) is 0 Å². The molecule has 0 N–H and O–H groups in total. The first-order valence-corrected chi connectivity index (χ1v) is 31.5. The summed E-state index contributed by atoms with van der Waals surface area (Å²) >= 11 is 18.0. The predicted octanol–water partition coefficient (Wildman–Crippen LogP) is 16.9. The van der Waals surface area contributed by atoms with Gasteiger partial charge in [-0.3, -0.25) is 0 Å². The number of halogens is 3. The van der Waals surface area contributed by atoms with Crippen LogP contribution in [0.1, 0.15) is 55.6 Å². The Hall–Kier alpha value is -10.3. The topological polar surface area (TPSA) is 102 Å². The van der Waals surface area contributed by atoms with Gasteiger partial charge in [-0.25, -0.2) is 0 Å². The molecule has 0 spiro atoms. The minimum absolute atomic E-state index is 0.453. The fourth-order valence-electron chi connectivity index (χ4n) is 11.0. The van der Waals surface area contributed by atoms with Crippen molar-refractivity contribution in [3.8, 4) is 46.0 Å². The molecule has 0 atom stereocenters. The van der Waals surface area contributed by atoms with Crippen molar-refractivity contribution in [2.45, 2.75) is 34.6 Å². The number of ether oxygens (including phenoxy) is 8. The number of hydrogen-bond donors (Lipinski definition) is 0. The van der Waals surface area contributed by atoms with Crippen molar-refractivity contribution in [3.05, 3.63) is 271 Å². The third-order valence-electron chi connectivity index (χ3n) is 15.8. The van der Waals surface area contributed by atoms with Crippen molar-refractivity contribution < 1.29 is 60.8 Å². The van der Waals surface area contributed by atoms with Crippen LogP contribution in [-0.4, -0.2) is 114 Å². The summed E-state index contributed by atoms with van der Waals surface area (Å²) in [4.78, 5) is 4.31. The molecule has 0 fully saturated rings. The first-order valence-electron chi connectivity index (χ1n) is 30.4. The summed E-state index contributed by atoms with van der Waals surface area (Å²) < 4.78 is 55.2. The van der Waals surface area contributed by atoms with Gasteiger partial charge in [0.15, 0.2) is 30.6 Å². The van der Waals surface area contributed by atoms with Gasteiger partial charge in [-0.2, -0.15) is 22.9 Å². The van der Waals surface area contributed by atoms with Crippen LogP contribution in [0.2, 0.25) is 15.1 Å². The number of hydrogen-bond acceptors (Lipinski definition) is 9. The molecule has 0 saturated heterocycles. The average molecular weight is 1320 g/mol. The quantitative estimate of drug-likeness (QED) is 0.138. The third-order valence-corrected chi connectivity index (χ3v) is 16.5. The van der Waals surface area contributed by atoms with Gasteiger partial charge in [0.2, 0.25) is 23.8 Å². The van der Waals surface area contributed by atoms with E-state index < -0.39 is 0 Å². The fraction of sp³-hybridized carbons (Fsp3) is 0.169. The van der Waals surface area contributed by atoms with Crippen LogP contribution in [0.3, 0.4) is 0 Å². The average Bonchev–Trinajstić information content (AvgIpc) is 0.902. The Morgan fingerprint density at radius 1 is 0.330 bits per heavy atom. The summed E-state index contributed by atoms with van der Waals surface area (Å²) in [7, 11) is 4.97. The molecule has 0 radical (unpaired) electrons. The first kappa shape index (κ1) is 65.2. The van der Waals surface area contributed by atoms with Gasteiger partial charge >= 0.3 is 5.82 Å². The summed E-state index contributed by atoms with van der Waals surface area (Å²) in [6.07, 6.45) is 12.2. The van der Waals surface area contributed by atoms with E-state index in [1.54, 1.807) is 33.6 Å². The second-order valence-corrected chi connectivity index (χ2v) is 23.7. The first-order chi connectivity index (χ1) is 45.7. The van der Waals surface area contributed by atoms with E-state index in [-0.39, 0.29) is 0 Å². The Labute approximate surface area is 563 Å². The lowest BCUT2D eigenvalue weighted by atomic mass is 10.1. The molecule has 0 amide bonds. The molecule has 0 unspecified atom stereocenters. The number of benzene rings is 9. The zero-order valence-electron chi connectivity index (χ0n) is 53.6. The zero-order chi connectivity index (χ0) is 65.7. The third kappa shape index (κ3) is 15.8. The van der Waals surface area contributed by atoms with Crippen molar-refractivity contribution in [1.82, 2.24) is 4.98 Å². The number of nitrogens with zero attached hydrogens (tertiary/aromatic N) is 6. The molecule has 10 aromatic rings. The van der Waals surface area contributed by atoms with E-state index in [0.717, 1.165) is 119 Å². The fourth-order valence-corrected chi connectivity index (χ4v) is 11.6. The predicted molar refractivity (Wildman–Crippen MR) is 373 cm³/mol. The highest BCUT2D eigenvalue weighted by atomic mass is 35.5. The molecule has 0 aliphatic carbocycles. The van der Waals surface area contributed by atoms with Crippen LogP contribution in [0.15, 0.2) is 200 Å². The van der Waals surface area contributed by atoms with E-state index in [4.69, 9.17) is 72.7 Å². The van der Waals surface area contributed by atoms with E-state index in [1.807, 2.05) is 172 Å². The van der Waals surface area contributed by atoms with E-state index in [0.29, 0.717) is 43.7 Å². The van der Waals surface area contributed by atoms with Gasteiger partial charge in [0.25, 0.3) is 32.6 Å². The van der Waals surface area contributed by atoms with E-state index >= 15 is 0 Å². The zero-order valence-corrected chi connectivity index (χ0v) is 55.8. The molecule has 14 nitrogen and oxygen atoms in total. The summed E-state index contributed by atoms with van der Waals surface area (Å²) in [5.74, 6) is 8.08. The molecule has 5 aliphatic rings. The van der Waals surface area contributed by atoms with Gasteiger partial charge in [-0.1, -0.05) is 108 Å². The van der Waals surface area contributed by atoms with Gasteiger partial charge in [0, 0.05) is 63.6 Å². The Bertz CT molecular complexity index is 4550. The second kappa shape index (κ2) is 30.5. The normalized spacial score (nSPS) is 13.4. The molecular weight excluding hydrogens is 1240 g/mol. The smallest absolute Gasteiger partial charge is 0.325 e. The van der Waals surface area contributed by atoms with Crippen molar-refractivity contribution >= 4 is 94.4 Å². The van der Waals surface area contributed by atoms with Crippen LogP contribution in [0, 0.1) is 34.6 Å². The molecule has 9 aromatic carbocycles. The monoisotopic (exact) mass is 1310 g/mol. The highest BCUT2D eigenvalue weighted by molar-refractivity contribution is 6.35. The van der Waals surface area contributed by atoms with E-state index in [9.17, 15) is 0 Å². The molecular formula is C77H72Cl3N6O8+5. The maximum atomic E-state index is 6.03. The van der Waals surface area contributed by atoms with Crippen molar-refractivity contribution in [2.75, 3.05) is 55.0 Å². The van der Waals surface area contributed by atoms with Gasteiger partial charge in [0.1, 0.15) is 52.7 Å². The molecule has 474 valence electrons. The molecule has 94 heavy (non-hydrogen) atoms. The molecule has 5 aliphatic heterocycles. The van der Waals surface area contributed by atoms with E-state index in [2.05, 4.69) is 109 Å². The Balaban J connectivity index is 0.000000120. The second-order valence-electron chi connectivity index (χ2n) is 22.4. The summed E-state index contributed by atoms with van der Waals surface area (Å²) in [5, 5.41) is 1.98. The van der Waals surface area contributed by atoms with Crippen LogP contribution in [0.25, 0.3) is 0 Å². The summed E-state index contributed by atoms with van der Waals surface area (Å²) in [6.45, 7) is 12.7. The number of para-hydroxylation sites is 5. The number of fused-ring (bicyclic) bond motifs is 5. The molecule has 1 aromatic heterocycles. The molecule has 0 saturated carbocycles. The van der Waals surface area contributed by atoms with Crippen LogP contribution >= 0.6 is 34.8 Å². The number of aryl methyl sites for hydroxylation is 5. The van der Waals surface area contributed by atoms with Crippen molar-refractivity contribution in [2.24, 2.45) is 0 Å².